The monoisotopic (exact) mass is 193 g/mol. The Hall–Kier alpha value is -1.90. The first kappa shape index (κ1) is 10.2. The Kier molecular flexibility index (Phi) is 3.61. The van der Waals surface area contributed by atoms with Crippen molar-refractivity contribution < 1.29 is 4.79 Å². The van der Waals surface area contributed by atoms with Gasteiger partial charge < -0.3 is 5.32 Å². The first-order chi connectivity index (χ1) is 6.76. The van der Waals surface area contributed by atoms with Gasteiger partial charge in [0.1, 0.15) is 12.4 Å². The molecular formula is C8H11N5O. The van der Waals surface area contributed by atoms with Crippen LogP contribution in [0.5, 0.6) is 0 Å². The lowest BCUT2D eigenvalue weighted by Crippen LogP contribution is -2.23. The van der Waals surface area contributed by atoms with Crippen LogP contribution in [-0.2, 0) is 11.3 Å². The number of rotatable bonds is 4. The van der Waals surface area contributed by atoms with Crippen LogP contribution in [0.3, 0.4) is 0 Å². The van der Waals surface area contributed by atoms with Gasteiger partial charge in [-0.3, -0.25) is 9.48 Å². The van der Waals surface area contributed by atoms with Gasteiger partial charge in [0.2, 0.25) is 5.91 Å². The van der Waals surface area contributed by atoms with Gasteiger partial charge in [0.05, 0.1) is 6.54 Å². The molecule has 1 heterocycles. The molecule has 0 radical (unpaired) electrons. The molecule has 0 aliphatic carbocycles. The van der Waals surface area contributed by atoms with E-state index in [1.165, 1.54) is 11.0 Å². The standard InChI is InChI=1S/C8H11N5O/c1-2-10-8(14)3-4-13-6-11-7(5-9)12-13/h6H,2-4H2,1H3,(H,10,14). The summed E-state index contributed by atoms with van der Waals surface area (Å²) in [5, 5.41) is 14.9. The van der Waals surface area contributed by atoms with Crippen LogP contribution in [0.4, 0.5) is 0 Å². The molecule has 1 amide bonds. The highest BCUT2D eigenvalue weighted by Gasteiger charge is 2.02. The van der Waals surface area contributed by atoms with Gasteiger partial charge >= 0.3 is 0 Å². The summed E-state index contributed by atoms with van der Waals surface area (Å²) in [7, 11) is 0. The highest BCUT2D eigenvalue weighted by molar-refractivity contribution is 5.75. The van der Waals surface area contributed by atoms with E-state index in [2.05, 4.69) is 15.4 Å². The SMILES string of the molecule is CCNC(=O)CCn1cnc(C#N)n1. The minimum Gasteiger partial charge on any atom is -0.356 e. The van der Waals surface area contributed by atoms with Crippen molar-refractivity contribution in [1.29, 1.82) is 5.26 Å². The maximum Gasteiger partial charge on any atom is 0.252 e. The Morgan fingerprint density at radius 3 is 3.14 bits per heavy atom. The number of carbonyl (C=O) groups excluding carboxylic acids is 1. The average Bonchev–Trinajstić information content (AvgIpc) is 2.63. The summed E-state index contributed by atoms with van der Waals surface area (Å²) in [6, 6.07) is 1.82. The molecule has 1 aromatic heterocycles. The first-order valence-electron chi connectivity index (χ1n) is 4.32. The van der Waals surface area contributed by atoms with Crippen LogP contribution in [0, 0.1) is 11.3 Å². The second-order valence-electron chi connectivity index (χ2n) is 2.65. The predicted molar refractivity (Wildman–Crippen MR) is 48.0 cm³/mol. The van der Waals surface area contributed by atoms with Crippen molar-refractivity contribution in [3.63, 3.8) is 0 Å². The van der Waals surface area contributed by atoms with E-state index in [0.717, 1.165) is 0 Å². The third kappa shape index (κ3) is 2.86. The topological polar surface area (TPSA) is 83.6 Å². The fourth-order valence-electron chi connectivity index (χ4n) is 0.955. The molecule has 6 heteroatoms. The Balaban J connectivity index is 2.38. The van der Waals surface area contributed by atoms with Crippen molar-refractivity contribution in [3.8, 4) is 6.07 Å². The Morgan fingerprint density at radius 2 is 2.57 bits per heavy atom. The summed E-state index contributed by atoms with van der Waals surface area (Å²) in [4.78, 5) is 14.8. The molecule has 0 bridgehead atoms. The third-order valence-electron chi connectivity index (χ3n) is 1.58. The van der Waals surface area contributed by atoms with Crippen LogP contribution in [0.25, 0.3) is 0 Å². The Bertz CT molecular complexity index is 351. The van der Waals surface area contributed by atoms with Crippen LogP contribution in [0.1, 0.15) is 19.2 Å². The van der Waals surface area contributed by atoms with Gasteiger partial charge in [-0.15, -0.1) is 5.10 Å². The Labute approximate surface area is 81.6 Å². The molecule has 1 aromatic rings. The van der Waals surface area contributed by atoms with Gasteiger partial charge in [-0.05, 0) is 6.92 Å². The third-order valence-corrected chi connectivity index (χ3v) is 1.58. The number of nitriles is 1. The van der Waals surface area contributed by atoms with E-state index in [1.54, 1.807) is 0 Å². The van der Waals surface area contributed by atoms with Gasteiger partial charge in [-0.1, -0.05) is 0 Å². The second kappa shape index (κ2) is 4.97. The van der Waals surface area contributed by atoms with E-state index >= 15 is 0 Å². The van der Waals surface area contributed by atoms with Crippen LogP contribution in [-0.4, -0.2) is 27.2 Å². The minimum absolute atomic E-state index is 0.0264. The number of aromatic nitrogens is 3. The number of amides is 1. The lowest BCUT2D eigenvalue weighted by Gasteiger charge is -2.00. The molecule has 0 aromatic carbocycles. The quantitative estimate of drug-likeness (QED) is 0.710. The van der Waals surface area contributed by atoms with Crippen LogP contribution in [0.2, 0.25) is 0 Å². The van der Waals surface area contributed by atoms with Gasteiger partial charge in [0, 0.05) is 13.0 Å². The molecule has 14 heavy (non-hydrogen) atoms. The highest BCUT2D eigenvalue weighted by atomic mass is 16.1. The number of aryl methyl sites for hydroxylation is 1. The predicted octanol–water partition coefficient (Wildman–Crippen LogP) is -0.324. The second-order valence-corrected chi connectivity index (χ2v) is 2.65. The number of hydrogen-bond acceptors (Lipinski definition) is 4. The lowest BCUT2D eigenvalue weighted by atomic mass is 10.4. The zero-order valence-corrected chi connectivity index (χ0v) is 7.90. The fraction of sp³-hybridized carbons (Fsp3) is 0.500. The minimum atomic E-state index is -0.0264. The van der Waals surface area contributed by atoms with Crippen molar-refractivity contribution in [2.24, 2.45) is 0 Å². The van der Waals surface area contributed by atoms with E-state index < -0.39 is 0 Å². The molecule has 0 saturated heterocycles. The molecule has 0 saturated carbocycles. The van der Waals surface area contributed by atoms with E-state index in [-0.39, 0.29) is 11.7 Å². The molecule has 0 aliphatic rings. The first-order valence-corrected chi connectivity index (χ1v) is 4.32. The van der Waals surface area contributed by atoms with Gasteiger partial charge in [-0.25, -0.2) is 4.98 Å². The van der Waals surface area contributed by atoms with E-state index in [0.29, 0.717) is 19.5 Å². The normalized spacial score (nSPS) is 9.43. The van der Waals surface area contributed by atoms with Crippen LogP contribution >= 0.6 is 0 Å². The smallest absolute Gasteiger partial charge is 0.252 e. The highest BCUT2D eigenvalue weighted by Crippen LogP contribution is 1.90. The van der Waals surface area contributed by atoms with Crippen LogP contribution in [0.15, 0.2) is 6.33 Å². The van der Waals surface area contributed by atoms with E-state index in [9.17, 15) is 4.79 Å². The molecule has 0 aliphatic heterocycles. The van der Waals surface area contributed by atoms with Crippen molar-refractivity contribution in [3.05, 3.63) is 12.2 Å². The average molecular weight is 193 g/mol. The molecule has 1 N–H and O–H groups in total. The fourth-order valence-corrected chi connectivity index (χ4v) is 0.955. The molecule has 0 unspecified atom stereocenters. The molecule has 1 rings (SSSR count). The van der Waals surface area contributed by atoms with Crippen molar-refractivity contribution in [1.82, 2.24) is 20.1 Å². The summed E-state index contributed by atoms with van der Waals surface area (Å²) >= 11 is 0. The molecular weight excluding hydrogens is 182 g/mol. The molecule has 0 fully saturated rings. The van der Waals surface area contributed by atoms with Crippen molar-refractivity contribution in [2.45, 2.75) is 19.9 Å². The van der Waals surface area contributed by atoms with Crippen molar-refractivity contribution >= 4 is 5.91 Å². The summed E-state index contributed by atoms with van der Waals surface area (Å²) in [6.07, 6.45) is 1.79. The number of nitrogens with zero attached hydrogens (tertiary/aromatic N) is 4. The van der Waals surface area contributed by atoms with Crippen molar-refractivity contribution in [2.75, 3.05) is 6.54 Å². The molecule has 0 spiro atoms. The maximum atomic E-state index is 11.1. The van der Waals surface area contributed by atoms with Gasteiger partial charge in [-0.2, -0.15) is 5.26 Å². The summed E-state index contributed by atoms with van der Waals surface area (Å²) < 4.78 is 1.48. The van der Waals surface area contributed by atoms with Gasteiger partial charge in [0.25, 0.3) is 5.82 Å². The van der Waals surface area contributed by atoms with E-state index in [4.69, 9.17) is 5.26 Å². The van der Waals surface area contributed by atoms with E-state index in [1.807, 2.05) is 13.0 Å². The number of hydrogen-bond donors (Lipinski definition) is 1. The Morgan fingerprint density at radius 1 is 1.79 bits per heavy atom. The largest absolute Gasteiger partial charge is 0.356 e. The molecule has 0 atom stereocenters. The summed E-state index contributed by atoms with van der Waals surface area (Å²) in [6.45, 7) is 2.93. The summed E-state index contributed by atoms with van der Waals surface area (Å²) in [5.74, 6) is 0.0995. The summed E-state index contributed by atoms with van der Waals surface area (Å²) in [5.41, 5.74) is 0. The zero-order valence-electron chi connectivity index (χ0n) is 7.90. The number of carbonyl (C=O) groups is 1. The van der Waals surface area contributed by atoms with Crippen LogP contribution < -0.4 is 5.32 Å². The number of nitrogens with one attached hydrogen (secondary N) is 1. The maximum absolute atomic E-state index is 11.1. The zero-order chi connectivity index (χ0) is 10.4. The molecule has 74 valence electrons. The van der Waals surface area contributed by atoms with Gasteiger partial charge in [0.15, 0.2) is 0 Å². The molecule has 6 nitrogen and oxygen atoms in total. The lowest BCUT2D eigenvalue weighted by molar-refractivity contribution is -0.121.